The lowest BCUT2D eigenvalue weighted by Gasteiger charge is -2.22. The molecule has 0 atom stereocenters. The Morgan fingerprint density at radius 2 is 1.76 bits per heavy atom. The molecule has 1 aliphatic carbocycles. The van der Waals surface area contributed by atoms with Crippen LogP contribution in [0.15, 0.2) is 18.2 Å². The van der Waals surface area contributed by atoms with E-state index in [0.717, 1.165) is 30.6 Å². The van der Waals surface area contributed by atoms with Crippen molar-refractivity contribution in [3.63, 3.8) is 0 Å². The summed E-state index contributed by atoms with van der Waals surface area (Å²) in [6, 6.07) is 6.90. The van der Waals surface area contributed by atoms with Gasteiger partial charge in [-0.2, -0.15) is 0 Å². The molecule has 0 N–H and O–H groups in total. The highest BCUT2D eigenvalue weighted by Crippen LogP contribution is 2.27. The Hall–Kier alpha value is -1.15. The molecule has 21 heavy (non-hydrogen) atoms. The van der Waals surface area contributed by atoms with E-state index in [1.54, 1.807) is 0 Å². The molecular weight excluding hydrogens is 258 g/mol. The summed E-state index contributed by atoms with van der Waals surface area (Å²) in [6.45, 7) is 10.7. The molecule has 116 valence electrons. The number of carbonyl (C=O) groups excluding carboxylic acids is 1. The van der Waals surface area contributed by atoms with Gasteiger partial charge in [0.15, 0.2) is 5.78 Å². The van der Waals surface area contributed by atoms with Gasteiger partial charge in [-0.25, -0.2) is 0 Å². The van der Waals surface area contributed by atoms with Gasteiger partial charge in [-0.3, -0.25) is 9.69 Å². The summed E-state index contributed by atoms with van der Waals surface area (Å²) in [4.78, 5) is 14.9. The van der Waals surface area contributed by atoms with Crippen LogP contribution < -0.4 is 0 Å². The number of hydrogen-bond donors (Lipinski definition) is 0. The maximum Gasteiger partial charge on any atom is 0.164 e. The molecule has 1 aromatic rings. The number of benzene rings is 1. The zero-order chi connectivity index (χ0) is 15.4. The number of hydrogen-bond acceptors (Lipinski definition) is 2. The molecule has 0 unspecified atom stereocenters. The Labute approximate surface area is 129 Å². The normalized spacial score (nSPS) is 15.0. The van der Waals surface area contributed by atoms with E-state index in [1.807, 2.05) is 12.1 Å². The molecule has 1 aliphatic rings. The lowest BCUT2D eigenvalue weighted by Crippen LogP contribution is -2.30. The van der Waals surface area contributed by atoms with Crippen LogP contribution in [0.5, 0.6) is 0 Å². The fourth-order valence-electron chi connectivity index (χ4n) is 2.87. The third-order valence-electron chi connectivity index (χ3n) is 4.23. The smallest absolute Gasteiger partial charge is 0.164 e. The Balaban J connectivity index is 1.89. The minimum absolute atomic E-state index is 0.289. The summed E-state index contributed by atoms with van der Waals surface area (Å²) in [5.74, 6) is 1.03. The van der Waals surface area contributed by atoms with Crippen molar-refractivity contribution in [2.24, 2.45) is 5.92 Å². The quantitative estimate of drug-likeness (QED) is 0.661. The van der Waals surface area contributed by atoms with Gasteiger partial charge >= 0.3 is 0 Å². The number of aryl methyl sites for hydroxylation is 2. The zero-order valence-electron chi connectivity index (χ0n) is 14.0. The van der Waals surface area contributed by atoms with E-state index in [2.05, 4.69) is 38.7 Å². The highest BCUT2D eigenvalue weighted by Gasteiger charge is 2.28. The van der Waals surface area contributed by atoms with Crippen molar-refractivity contribution in [3.05, 3.63) is 34.9 Å². The monoisotopic (exact) mass is 287 g/mol. The Bertz CT molecular complexity index is 468. The topological polar surface area (TPSA) is 20.3 Å². The van der Waals surface area contributed by atoms with E-state index in [9.17, 15) is 4.79 Å². The summed E-state index contributed by atoms with van der Waals surface area (Å²) in [5.41, 5.74) is 3.24. The first-order valence-electron chi connectivity index (χ1n) is 8.31. The largest absolute Gasteiger partial charge is 0.300 e. The van der Waals surface area contributed by atoms with Crippen LogP contribution in [-0.2, 0) is 0 Å². The Kier molecular flexibility index (Phi) is 5.58. The van der Waals surface area contributed by atoms with Crippen LogP contribution in [-0.4, -0.2) is 29.8 Å². The SMILES string of the molecule is Cc1cc(C)cc(C(=O)CCN(CCC(C)C)C2CC2)c1. The number of rotatable bonds is 8. The molecule has 0 aromatic heterocycles. The highest BCUT2D eigenvalue weighted by molar-refractivity contribution is 5.96. The second-order valence-corrected chi connectivity index (χ2v) is 7.00. The molecule has 2 heteroatoms. The van der Waals surface area contributed by atoms with E-state index in [-0.39, 0.29) is 5.78 Å². The second kappa shape index (κ2) is 7.22. The number of nitrogens with zero attached hydrogens (tertiary/aromatic N) is 1. The molecule has 0 heterocycles. The van der Waals surface area contributed by atoms with Crippen molar-refractivity contribution in [1.29, 1.82) is 0 Å². The molecule has 0 aliphatic heterocycles. The van der Waals surface area contributed by atoms with Crippen molar-refractivity contribution in [2.75, 3.05) is 13.1 Å². The zero-order valence-corrected chi connectivity index (χ0v) is 14.0. The van der Waals surface area contributed by atoms with Crippen molar-refractivity contribution in [1.82, 2.24) is 4.90 Å². The first-order chi connectivity index (χ1) is 9.95. The van der Waals surface area contributed by atoms with Gasteiger partial charge in [0.2, 0.25) is 0 Å². The predicted octanol–water partition coefficient (Wildman–Crippen LogP) is 4.39. The van der Waals surface area contributed by atoms with Crippen molar-refractivity contribution in [3.8, 4) is 0 Å². The van der Waals surface area contributed by atoms with E-state index in [0.29, 0.717) is 6.42 Å². The molecule has 0 bridgehead atoms. The third-order valence-corrected chi connectivity index (χ3v) is 4.23. The molecule has 1 saturated carbocycles. The molecule has 0 spiro atoms. The second-order valence-electron chi connectivity index (χ2n) is 7.00. The predicted molar refractivity (Wildman–Crippen MR) is 88.9 cm³/mol. The summed E-state index contributed by atoms with van der Waals surface area (Å²) >= 11 is 0. The molecule has 1 aromatic carbocycles. The molecule has 0 saturated heterocycles. The van der Waals surface area contributed by atoms with Gasteiger partial charge in [-0.1, -0.05) is 31.0 Å². The van der Waals surface area contributed by atoms with E-state index in [4.69, 9.17) is 0 Å². The molecule has 2 rings (SSSR count). The minimum Gasteiger partial charge on any atom is -0.300 e. The Morgan fingerprint density at radius 1 is 1.14 bits per heavy atom. The maximum atomic E-state index is 12.4. The van der Waals surface area contributed by atoms with Gasteiger partial charge in [0.25, 0.3) is 0 Å². The van der Waals surface area contributed by atoms with Crippen molar-refractivity contribution < 1.29 is 4.79 Å². The molecule has 2 nitrogen and oxygen atoms in total. The molecule has 0 amide bonds. The standard InChI is InChI=1S/C19H29NO/c1-14(2)7-9-20(18-5-6-18)10-8-19(21)17-12-15(3)11-16(4)13-17/h11-14,18H,5-10H2,1-4H3. The van der Waals surface area contributed by atoms with Gasteiger partial charge in [-0.05, 0) is 57.7 Å². The lowest BCUT2D eigenvalue weighted by atomic mass is 10.0. The van der Waals surface area contributed by atoms with Gasteiger partial charge in [0.05, 0.1) is 0 Å². The van der Waals surface area contributed by atoms with Crippen LogP contribution >= 0.6 is 0 Å². The number of ketones is 1. The number of Topliss-reactive ketones (excluding diaryl/α,β-unsaturated/α-hetero) is 1. The molecule has 0 radical (unpaired) electrons. The van der Waals surface area contributed by atoms with Crippen LogP contribution in [0.4, 0.5) is 0 Å². The molecular formula is C19H29NO. The van der Waals surface area contributed by atoms with Crippen LogP contribution in [0, 0.1) is 19.8 Å². The van der Waals surface area contributed by atoms with E-state index in [1.165, 1.54) is 30.4 Å². The van der Waals surface area contributed by atoms with Crippen molar-refractivity contribution >= 4 is 5.78 Å². The van der Waals surface area contributed by atoms with Gasteiger partial charge in [0.1, 0.15) is 0 Å². The lowest BCUT2D eigenvalue weighted by molar-refractivity contribution is 0.0961. The highest BCUT2D eigenvalue weighted by atomic mass is 16.1. The summed E-state index contributed by atoms with van der Waals surface area (Å²) in [6.07, 6.45) is 4.51. The van der Waals surface area contributed by atoms with Gasteiger partial charge < -0.3 is 0 Å². The molecule has 1 fully saturated rings. The van der Waals surface area contributed by atoms with Gasteiger partial charge in [0, 0.05) is 24.6 Å². The minimum atomic E-state index is 0.289. The van der Waals surface area contributed by atoms with E-state index < -0.39 is 0 Å². The first-order valence-corrected chi connectivity index (χ1v) is 8.31. The summed E-state index contributed by atoms with van der Waals surface area (Å²) in [7, 11) is 0. The van der Waals surface area contributed by atoms with Crippen LogP contribution in [0.25, 0.3) is 0 Å². The summed E-state index contributed by atoms with van der Waals surface area (Å²) in [5, 5.41) is 0. The summed E-state index contributed by atoms with van der Waals surface area (Å²) < 4.78 is 0. The van der Waals surface area contributed by atoms with Crippen LogP contribution in [0.3, 0.4) is 0 Å². The maximum absolute atomic E-state index is 12.4. The Morgan fingerprint density at radius 3 is 2.29 bits per heavy atom. The fourth-order valence-corrected chi connectivity index (χ4v) is 2.87. The van der Waals surface area contributed by atoms with Crippen molar-refractivity contribution in [2.45, 2.75) is 59.4 Å². The fraction of sp³-hybridized carbons (Fsp3) is 0.632. The first kappa shape index (κ1) is 16.2. The average Bonchev–Trinajstić information content (AvgIpc) is 3.21. The van der Waals surface area contributed by atoms with Crippen LogP contribution in [0.2, 0.25) is 0 Å². The third kappa shape index (κ3) is 5.28. The number of carbonyl (C=O) groups is 1. The van der Waals surface area contributed by atoms with Gasteiger partial charge in [-0.15, -0.1) is 0 Å². The van der Waals surface area contributed by atoms with Crippen LogP contribution in [0.1, 0.15) is 61.0 Å². The average molecular weight is 287 g/mol. The van der Waals surface area contributed by atoms with E-state index >= 15 is 0 Å².